The normalized spacial score (nSPS) is 13.9. The maximum absolute atomic E-state index is 12.3. The van der Waals surface area contributed by atoms with E-state index in [0.717, 1.165) is 31.7 Å². The number of carbonyl (C=O) groups excluding carboxylic acids is 2. The summed E-state index contributed by atoms with van der Waals surface area (Å²) in [4.78, 5) is 25.3. The van der Waals surface area contributed by atoms with Gasteiger partial charge in [-0.3, -0.25) is 9.59 Å². The molecule has 3 atom stereocenters. The van der Waals surface area contributed by atoms with Gasteiger partial charge in [-0.2, -0.15) is 0 Å². The van der Waals surface area contributed by atoms with E-state index < -0.39 is 0 Å². The lowest BCUT2D eigenvalue weighted by atomic mass is 9.92. The van der Waals surface area contributed by atoms with Crippen molar-refractivity contribution in [3.8, 4) is 0 Å². The molecule has 0 aromatic rings. The van der Waals surface area contributed by atoms with Gasteiger partial charge in [0.1, 0.15) is 12.7 Å². The summed E-state index contributed by atoms with van der Waals surface area (Å²) in [7, 11) is 4.02. The van der Waals surface area contributed by atoms with Crippen LogP contribution in [0.5, 0.6) is 0 Å². The summed E-state index contributed by atoms with van der Waals surface area (Å²) in [6.45, 7) is 9.55. The zero-order valence-electron chi connectivity index (χ0n) is 23.3. The van der Waals surface area contributed by atoms with Crippen LogP contribution >= 0.6 is 0 Å². The lowest BCUT2D eigenvalue weighted by molar-refractivity contribution is -0.149. The smallest absolute Gasteiger partial charge is 0.306 e. The molecule has 0 aliphatic heterocycles. The van der Waals surface area contributed by atoms with Gasteiger partial charge < -0.3 is 14.4 Å². The number of ether oxygens (including phenoxy) is 2. The van der Waals surface area contributed by atoms with Crippen LogP contribution in [0.15, 0.2) is 12.2 Å². The minimum atomic E-state index is -0.284. The predicted molar refractivity (Wildman–Crippen MR) is 150 cm³/mol. The van der Waals surface area contributed by atoms with E-state index in [0.29, 0.717) is 18.8 Å². The van der Waals surface area contributed by atoms with Crippen LogP contribution in [0.4, 0.5) is 0 Å². The van der Waals surface area contributed by atoms with E-state index >= 15 is 0 Å². The molecule has 5 nitrogen and oxygen atoms in total. The van der Waals surface area contributed by atoms with E-state index in [2.05, 4.69) is 25.7 Å². The van der Waals surface area contributed by atoms with E-state index in [1.807, 2.05) is 26.2 Å². The average Bonchev–Trinajstić information content (AvgIpc) is 2.76. The highest BCUT2D eigenvalue weighted by molar-refractivity contribution is 5.69. The summed E-state index contributed by atoms with van der Waals surface area (Å²) in [6.07, 6.45) is 19.6. The fourth-order valence-electron chi connectivity index (χ4n) is 4.16. The second-order valence-corrected chi connectivity index (χ2v) is 10.4. The van der Waals surface area contributed by atoms with Crippen molar-refractivity contribution >= 4 is 11.9 Å². The Morgan fingerprint density at radius 1 is 0.829 bits per heavy atom. The van der Waals surface area contributed by atoms with Crippen LogP contribution in [0.25, 0.3) is 0 Å². The van der Waals surface area contributed by atoms with Crippen LogP contribution < -0.4 is 0 Å². The molecule has 0 amide bonds. The zero-order valence-corrected chi connectivity index (χ0v) is 23.3. The first kappa shape index (κ1) is 35.8. The number of rotatable bonds is 22. The Hall–Kier alpha value is -1.36. The highest BCUT2D eigenvalue weighted by Gasteiger charge is 2.15. The number of hydrogen-bond donors (Lipinski definition) is 0. The molecular formula is C30H59NO4. The molecule has 0 aliphatic carbocycles. The van der Waals surface area contributed by atoms with E-state index in [4.69, 9.17) is 9.47 Å². The van der Waals surface area contributed by atoms with Gasteiger partial charge in [-0.15, -0.1) is 0 Å². The van der Waals surface area contributed by atoms with Crippen LogP contribution in [0.1, 0.15) is 125 Å². The SMILES string of the molecule is C.CCCCCCCC(C)CCCC(C)CCC(C/C=C\COC(C)=O)OC(=O)CCCN(C)C. The summed E-state index contributed by atoms with van der Waals surface area (Å²) in [5.41, 5.74) is 0. The summed E-state index contributed by atoms with van der Waals surface area (Å²) in [5, 5.41) is 0. The molecule has 0 aromatic carbocycles. The Balaban J connectivity index is 0. The lowest BCUT2D eigenvalue weighted by Gasteiger charge is -2.20. The maximum Gasteiger partial charge on any atom is 0.306 e. The van der Waals surface area contributed by atoms with Crippen molar-refractivity contribution in [2.45, 2.75) is 131 Å². The topological polar surface area (TPSA) is 55.8 Å². The summed E-state index contributed by atoms with van der Waals surface area (Å²) in [5.74, 6) is 1.07. The Morgan fingerprint density at radius 3 is 2.09 bits per heavy atom. The Bertz CT molecular complexity index is 532. The van der Waals surface area contributed by atoms with Crippen molar-refractivity contribution in [3.05, 3.63) is 12.2 Å². The predicted octanol–water partition coefficient (Wildman–Crippen LogP) is 7.97. The van der Waals surface area contributed by atoms with Crippen LogP contribution in [0, 0.1) is 11.8 Å². The molecule has 0 aromatic heterocycles. The van der Waals surface area contributed by atoms with Crippen molar-refractivity contribution in [1.82, 2.24) is 4.90 Å². The van der Waals surface area contributed by atoms with Crippen LogP contribution in [0.2, 0.25) is 0 Å². The molecule has 0 bridgehead atoms. The first-order valence-electron chi connectivity index (χ1n) is 13.9. The van der Waals surface area contributed by atoms with E-state index in [1.165, 1.54) is 64.7 Å². The van der Waals surface area contributed by atoms with Crippen LogP contribution in [-0.2, 0) is 19.1 Å². The summed E-state index contributed by atoms with van der Waals surface area (Å²) >= 11 is 0. The van der Waals surface area contributed by atoms with Gasteiger partial charge in [0, 0.05) is 19.8 Å². The standard InChI is InChI=1S/C29H55NO4.CH4/c1-7-8-9-10-11-16-25(2)17-14-18-26(3)21-22-28(19-12-13-24-33-27(4)31)34-29(32)20-15-23-30(5)6;/h12-13,25-26,28H,7-11,14-24H2,1-6H3;1H4/b13-12-;. The van der Waals surface area contributed by atoms with Gasteiger partial charge >= 0.3 is 11.9 Å². The molecule has 5 heteroatoms. The molecule has 0 rings (SSSR count). The third kappa shape index (κ3) is 25.5. The maximum atomic E-state index is 12.3. The third-order valence-corrected chi connectivity index (χ3v) is 6.41. The van der Waals surface area contributed by atoms with Crippen molar-refractivity contribution in [2.75, 3.05) is 27.2 Å². The molecule has 0 saturated heterocycles. The molecule has 0 N–H and O–H groups in total. The Labute approximate surface area is 218 Å². The molecule has 35 heavy (non-hydrogen) atoms. The average molecular weight is 498 g/mol. The minimum absolute atomic E-state index is 0. The minimum Gasteiger partial charge on any atom is -0.462 e. The number of carbonyl (C=O) groups is 2. The molecule has 0 heterocycles. The van der Waals surface area contributed by atoms with Gasteiger partial charge in [0.05, 0.1) is 0 Å². The zero-order chi connectivity index (χ0) is 25.6. The van der Waals surface area contributed by atoms with Crippen LogP contribution in [0.3, 0.4) is 0 Å². The van der Waals surface area contributed by atoms with Crippen molar-refractivity contribution in [2.24, 2.45) is 11.8 Å². The molecule has 3 unspecified atom stereocenters. The number of nitrogens with zero attached hydrogens (tertiary/aromatic N) is 1. The molecule has 0 fully saturated rings. The van der Waals surface area contributed by atoms with Crippen molar-refractivity contribution in [1.29, 1.82) is 0 Å². The quantitative estimate of drug-likeness (QED) is 0.0862. The van der Waals surface area contributed by atoms with Gasteiger partial charge in [0.2, 0.25) is 0 Å². The highest BCUT2D eigenvalue weighted by Crippen LogP contribution is 2.22. The Morgan fingerprint density at radius 2 is 1.46 bits per heavy atom. The first-order chi connectivity index (χ1) is 16.2. The van der Waals surface area contributed by atoms with Gasteiger partial charge in [0.15, 0.2) is 0 Å². The Kier molecular flexibility index (Phi) is 24.9. The lowest BCUT2D eigenvalue weighted by Crippen LogP contribution is -2.20. The third-order valence-electron chi connectivity index (χ3n) is 6.41. The highest BCUT2D eigenvalue weighted by atomic mass is 16.5. The first-order valence-corrected chi connectivity index (χ1v) is 13.9. The molecular weight excluding hydrogens is 438 g/mol. The second-order valence-electron chi connectivity index (χ2n) is 10.4. The summed E-state index contributed by atoms with van der Waals surface area (Å²) in [6, 6.07) is 0. The molecule has 0 radical (unpaired) electrons. The van der Waals surface area contributed by atoms with Gasteiger partial charge in [-0.25, -0.2) is 0 Å². The van der Waals surface area contributed by atoms with E-state index in [-0.39, 0.29) is 32.1 Å². The fraction of sp³-hybridized carbons (Fsp3) is 0.867. The van der Waals surface area contributed by atoms with Gasteiger partial charge in [0.25, 0.3) is 0 Å². The number of unbranched alkanes of at least 4 members (excludes halogenated alkanes) is 4. The van der Waals surface area contributed by atoms with Gasteiger partial charge in [-0.1, -0.05) is 98.1 Å². The molecule has 0 spiro atoms. The largest absolute Gasteiger partial charge is 0.462 e. The number of hydrogen-bond acceptors (Lipinski definition) is 5. The van der Waals surface area contributed by atoms with E-state index in [1.54, 1.807) is 0 Å². The van der Waals surface area contributed by atoms with Crippen LogP contribution in [-0.4, -0.2) is 50.2 Å². The van der Waals surface area contributed by atoms with Crippen molar-refractivity contribution < 1.29 is 19.1 Å². The fourth-order valence-corrected chi connectivity index (χ4v) is 4.16. The molecule has 0 saturated carbocycles. The van der Waals surface area contributed by atoms with Gasteiger partial charge in [-0.05, 0) is 51.7 Å². The van der Waals surface area contributed by atoms with Crippen molar-refractivity contribution in [3.63, 3.8) is 0 Å². The molecule has 0 aliphatic rings. The second kappa shape index (κ2) is 24.3. The monoisotopic (exact) mass is 497 g/mol. The summed E-state index contributed by atoms with van der Waals surface area (Å²) < 4.78 is 10.8. The molecule has 208 valence electrons. The number of esters is 2. The van der Waals surface area contributed by atoms with E-state index in [9.17, 15) is 9.59 Å².